The van der Waals surface area contributed by atoms with E-state index in [0.29, 0.717) is 0 Å². The first-order valence-corrected chi connectivity index (χ1v) is 3.98. The van der Waals surface area contributed by atoms with E-state index < -0.39 is 0 Å². The Hall–Kier alpha value is -0.980. The molecule has 0 saturated carbocycles. The third-order valence-corrected chi connectivity index (χ3v) is 2.23. The second kappa shape index (κ2) is 2.57. The maximum absolute atomic E-state index is 5.24. The van der Waals surface area contributed by atoms with Crippen LogP contribution in [0.4, 0.5) is 0 Å². The van der Waals surface area contributed by atoms with Crippen LogP contribution in [0.3, 0.4) is 0 Å². The molecule has 1 aromatic rings. The molecule has 0 fully saturated rings. The summed E-state index contributed by atoms with van der Waals surface area (Å²) in [6.45, 7) is 0. The third-order valence-electron chi connectivity index (χ3n) is 2.23. The topological polar surface area (TPSA) is 9.23 Å². The lowest BCUT2D eigenvalue weighted by molar-refractivity contribution is 0.410. The van der Waals surface area contributed by atoms with Crippen LogP contribution in [-0.4, -0.2) is 7.11 Å². The van der Waals surface area contributed by atoms with Gasteiger partial charge in [0.2, 0.25) is 0 Å². The summed E-state index contributed by atoms with van der Waals surface area (Å²) in [5, 5.41) is 0. The molecule has 1 aliphatic rings. The molecule has 11 heavy (non-hydrogen) atoms. The molecule has 1 radical (unpaired) electrons. The first-order valence-electron chi connectivity index (χ1n) is 3.98. The Kier molecular flexibility index (Phi) is 1.57. The Bertz CT molecular complexity index is 266. The number of rotatable bonds is 1. The second-order valence-electron chi connectivity index (χ2n) is 2.86. The highest BCUT2D eigenvalue weighted by molar-refractivity contribution is 5.42. The summed E-state index contributed by atoms with van der Waals surface area (Å²) in [5.41, 5.74) is 2.72. The molecule has 0 amide bonds. The van der Waals surface area contributed by atoms with Crippen molar-refractivity contribution in [3.63, 3.8) is 0 Å². The van der Waals surface area contributed by atoms with E-state index in [2.05, 4.69) is 6.07 Å². The summed E-state index contributed by atoms with van der Waals surface area (Å²) >= 11 is 0. The molecule has 1 nitrogen and oxygen atoms in total. The average Bonchev–Trinajstić information content (AvgIpc) is 2.50. The predicted molar refractivity (Wildman–Crippen MR) is 43.9 cm³/mol. The fraction of sp³-hybridized carbons (Fsp3) is 0.400. The van der Waals surface area contributed by atoms with Crippen LogP contribution in [0.25, 0.3) is 0 Å². The van der Waals surface area contributed by atoms with Gasteiger partial charge in [-0.05, 0) is 42.5 Å². The molecule has 57 valence electrons. The number of hydrogen-bond acceptors (Lipinski definition) is 1. The van der Waals surface area contributed by atoms with Crippen LogP contribution in [0.15, 0.2) is 12.1 Å². The van der Waals surface area contributed by atoms with Crippen LogP contribution < -0.4 is 4.74 Å². The quantitative estimate of drug-likeness (QED) is 0.590. The van der Waals surface area contributed by atoms with Crippen molar-refractivity contribution in [2.24, 2.45) is 0 Å². The van der Waals surface area contributed by atoms with E-state index in [4.69, 9.17) is 4.74 Å². The largest absolute Gasteiger partial charge is 0.496 e. The van der Waals surface area contributed by atoms with Gasteiger partial charge in [0.05, 0.1) is 7.11 Å². The summed E-state index contributed by atoms with van der Waals surface area (Å²) in [5.74, 6) is 1.04. The highest BCUT2D eigenvalue weighted by atomic mass is 16.5. The van der Waals surface area contributed by atoms with Crippen LogP contribution in [0.2, 0.25) is 0 Å². The van der Waals surface area contributed by atoms with E-state index in [-0.39, 0.29) is 0 Å². The SMILES string of the molecule is COc1cc[c]c2c1CCC2. The zero-order valence-electron chi connectivity index (χ0n) is 6.68. The van der Waals surface area contributed by atoms with Crippen LogP contribution in [-0.2, 0) is 12.8 Å². The van der Waals surface area contributed by atoms with Crippen molar-refractivity contribution in [2.45, 2.75) is 19.3 Å². The van der Waals surface area contributed by atoms with Gasteiger partial charge in [-0.2, -0.15) is 0 Å². The average molecular weight is 147 g/mol. The third kappa shape index (κ3) is 1.01. The molecule has 0 bridgehead atoms. The number of aryl methyl sites for hydroxylation is 1. The summed E-state index contributed by atoms with van der Waals surface area (Å²) in [6.07, 6.45) is 3.59. The lowest BCUT2D eigenvalue weighted by atomic mass is 10.1. The van der Waals surface area contributed by atoms with Gasteiger partial charge in [0, 0.05) is 0 Å². The molecule has 2 rings (SSSR count). The molecule has 1 aliphatic carbocycles. The number of fused-ring (bicyclic) bond motifs is 1. The standard InChI is InChI=1S/C10H11O/c1-11-10-7-3-5-8-4-2-6-9(8)10/h3,7H,2,4,6H2,1H3. The van der Waals surface area contributed by atoms with Crippen LogP contribution >= 0.6 is 0 Å². The van der Waals surface area contributed by atoms with Gasteiger partial charge < -0.3 is 4.74 Å². The zero-order valence-corrected chi connectivity index (χ0v) is 6.68. The van der Waals surface area contributed by atoms with E-state index in [1.54, 1.807) is 7.11 Å². The van der Waals surface area contributed by atoms with Gasteiger partial charge in [-0.25, -0.2) is 0 Å². The second-order valence-corrected chi connectivity index (χ2v) is 2.86. The van der Waals surface area contributed by atoms with Crippen molar-refractivity contribution in [1.82, 2.24) is 0 Å². The Labute approximate surface area is 67.0 Å². The van der Waals surface area contributed by atoms with Gasteiger partial charge in [0.15, 0.2) is 0 Å². The minimum atomic E-state index is 1.04. The van der Waals surface area contributed by atoms with Crippen molar-refractivity contribution in [3.05, 3.63) is 29.3 Å². The lowest BCUT2D eigenvalue weighted by Crippen LogP contribution is -1.89. The Morgan fingerprint density at radius 2 is 2.36 bits per heavy atom. The van der Waals surface area contributed by atoms with Crippen molar-refractivity contribution in [3.8, 4) is 5.75 Å². The van der Waals surface area contributed by atoms with Gasteiger partial charge >= 0.3 is 0 Å². The molecule has 0 atom stereocenters. The fourth-order valence-corrected chi connectivity index (χ4v) is 1.68. The molecule has 0 spiro atoms. The van der Waals surface area contributed by atoms with Crippen LogP contribution in [0.1, 0.15) is 17.5 Å². The molecule has 1 heteroatoms. The molecular formula is C10H11O. The summed E-state index contributed by atoms with van der Waals surface area (Å²) in [7, 11) is 1.73. The first kappa shape index (κ1) is 6.71. The zero-order chi connectivity index (χ0) is 7.68. The summed E-state index contributed by atoms with van der Waals surface area (Å²) < 4.78 is 5.24. The Balaban J connectivity index is 2.50. The van der Waals surface area contributed by atoms with Crippen molar-refractivity contribution in [1.29, 1.82) is 0 Å². The lowest BCUT2D eigenvalue weighted by Gasteiger charge is -2.04. The summed E-state index contributed by atoms with van der Waals surface area (Å²) in [6, 6.07) is 7.18. The molecule has 1 aromatic carbocycles. The minimum absolute atomic E-state index is 1.04. The Morgan fingerprint density at radius 1 is 1.45 bits per heavy atom. The van der Waals surface area contributed by atoms with Crippen molar-refractivity contribution >= 4 is 0 Å². The predicted octanol–water partition coefficient (Wildman–Crippen LogP) is 1.98. The molecule has 0 unspecified atom stereocenters. The van der Waals surface area contributed by atoms with E-state index in [9.17, 15) is 0 Å². The number of benzene rings is 1. The van der Waals surface area contributed by atoms with E-state index in [1.807, 2.05) is 12.1 Å². The van der Waals surface area contributed by atoms with Gasteiger partial charge in [0.25, 0.3) is 0 Å². The van der Waals surface area contributed by atoms with Gasteiger partial charge in [-0.1, -0.05) is 6.07 Å². The fourth-order valence-electron chi connectivity index (χ4n) is 1.68. The molecule has 0 aromatic heterocycles. The van der Waals surface area contributed by atoms with Gasteiger partial charge in [-0.15, -0.1) is 0 Å². The monoisotopic (exact) mass is 147 g/mol. The van der Waals surface area contributed by atoms with E-state index in [0.717, 1.165) is 12.2 Å². The van der Waals surface area contributed by atoms with Gasteiger partial charge in [0.1, 0.15) is 5.75 Å². The number of hydrogen-bond donors (Lipinski definition) is 0. The molecule has 0 heterocycles. The molecule has 0 saturated heterocycles. The highest BCUT2D eigenvalue weighted by Gasteiger charge is 2.14. The van der Waals surface area contributed by atoms with Crippen molar-refractivity contribution in [2.75, 3.05) is 7.11 Å². The van der Waals surface area contributed by atoms with Gasteiger partial charge in [-0.3, -0.25) is 0 Å². The minimum Gasteiger partial charge on any atom is -0.496 e. The maximum Gasteiger partial charge on any atom is 0.122 e. The van der Waals surface area contributed by atoms with Crippen LogP contribution in [0, 0.1) is 6.07 Å². The van der Waals surface area contributed by atoms with Crippen LogP contribution in [0.5, 0.6) is 5.75 Å². The number of ether oxygens (including phenoxy) is 1. The van der Waals surface area contributed by atoms with E-state index in [1.165, 1.54) is 24.0 Å². The highest BCUT2D eigenvalue weighted by Crippen LogP contribution is 2.29. The normalized spacial score (nSPS) is 14.6. The Morgan fingerprint density at radius 3 is 3.18 bits per heavy atom. The maximum atomic E-state index is 5.24. The molecular weight excluding hydrogens is 136 g/mol. The summed E-state index contributed by atoms with van der Waals surface area (Å²) in [4.78, 5) is 0. The molecule has 0 aliphatic heterocycles. The van der Waals surface area contributed by atoms with Crippen molar-refractivity contribution < 1.29 is 4.74 Å². The number of methoxy groups -OCH3 is 1. The van der Waals surface area contributed by atoms with E-state index >= 15 is 0 Å². The first-order chi connectivity index (χ1) is 5.42. The smallest absolute Gasteiger partial charge is 0.122 e. The molecule has 0 N–H and O–H groups in total.